The Balaban J connectivity index is 1.83. The summed E-state index contributed by atoms with van der Waals surface area (Å²) in [7, 11) is 0. The number of halogens is 4. The topological polar surface area (TPSA) is 64.5 Å². The van der Waals surface area contributed by atoms with Crippen LogP contribution in [0.25, 0.3) is 10.9 Å². The van der Waals surface area contributed by atoms with Crippen LogP contribution in [0, 0.1) is 5.82 Å². The molecule has 1 aromatic carbocycles. The van der Waals surface area contributed by atoms with Crippen molar-refractivity contribution in [2.75, 3.05) is 13.1 Å². The third kappa shape index (κ3) is 4.55. The molecule has 1 aromatic heterocycles. The number of nitrogens with zero attached hydrogens (tertiary/aromatic N) is 3. The number of carbonyl (C=O) groups is 1. The van der Waals surface area contributed by atoms with E-state index in [1.165, 1.54) is 6.07 Å². The van der Waals surface area contributed by atoms with Gasteiger partial charge in [-0.2, -0.15) is 4.98 Å². The molecule has 1 aliphatic rings. The van der Waals surface area contributed by atoms with Crippen LogP contribution in [0.5, 0.6) is 5.88 Å². The summed E-state index contributed by atoms with van der Waals surface area (Å²) in [6.07, 6.45) is -0.163. The van der Waals surface area contributed by atoms with E-state index in [9.17, 15) is 9.18 Å². The molecule has 0 saturated carbocycles. The summed E-state index contributed by atoms with van der Waals surface area (Å²) < 4.78 is 25.8. The maximum atomic E-state index is 14.5. The molecule has 2 aromatic rings. The van der Waals surface area contributed by atoms with Crippen LogP contribution in [-0.4, -0.2) is 45.8 Å². The van der Waals surface area contributed by atoms with Gasteiger partial charge in [-0.05, 0) is 54.4 Å². The molecular formula is C17H17BrCl2FN3O3. The van der Waals surface area contributed by atoms with Crippen LogP contribution >= 0.6 is 39.1 Å². The van der Waals surface area contributed by atoms with Gasteiger partial charge in [0.05, 0.1) is 21.4 Å². The molecular weight excluding hydrogens is 464 g/mol. The molecule has 0 N–H and O–H groups in total. The van der Waals surface area contributed by atoms with Gasteiger partial charge in [0.1, 0.15) is 17.2 Å². The predicted molar refractivity (Wildman–Crippen MR) is 104 cm³/mol. The van der Waals surface area contributed by atoms with Crippen molar-refractivity contribution >= 4 is 56.1 Å². The Labute approximate surface area is 174 Å². The second-order valence-corrected chi connectivity index (χ2v) is 8.67. The quantitative estimate of drug-likeness (QED) is 0.435. The summed E-state index contributed by atoms with van der Waals surface area (Å²) in [5.74, 6) is -0.525. The summed E-state index contributed by atoms with van der Waals surface area (Å²) in [6.45, 7) is 6.23. The molecule has 146 valence electrons. The summed E-state index contributed by atoms with van der Waals surface area (Å²) in [5.41, 5.74) is -0.572. The Morgan fingerprint density at radius 3 is 2.74 bits per heavy atom. The normalized spacial score (nSPS) is 17.4. The molecule has 1 unspecified atom stereocenters. The number of fused-ring (bicyclic) bond motifs is 1. The Kier molecular flexibility index (Phi) is 5.70. The lowest BCUT2D eigenvalue weighted by Crippen LogP contribution is -2.36. The number of aromatic nitrogens is 2. The summed E-state index contributed by atoms with van der Waals surface area (Å²) in [5, 5.41) is 0.325. The fourth-order valence-electron chi connectivity index (χ4n) is 2.68. The van der Waals surface area contributed by atoms with Gasteiger partial charge in [0.15, 0.2) is 5.82 Å². The van der Waals surface area contributed by atoms with Crippen molar-refractivity contribution in [3.8, 4) is 5.88 Å². The van der Waals surface area contributed by atoms with Crippen LogP contribution in [-0.2, 0) is 4.74 Å². The summed E-state index contributed by atoms with van der Waals surface area (Å²) >= 11 is 15.0. The van der Waals surface area contributed by atoms with Gasteiger partial charge < -0.3 is 14.4 Å². The fraction of sp³-hybridized carbons (Fsp3) is 0.471. The molecule has 0 aliphatic carbocycles. The van der Waals surface area contributed by atoms with Crippen molar-refractivity contribution in [3.63, 3.8) is 0 Å². The van der Waals surface area contributed by atoms with Gasteiger partial charge in [-0.1, -0.05) is 11.6 Å². The fourth-order valence-corrected chi connectivity index (χ4v) is 3.34. The maximum absolute atomic E-state index is 14.5. The van der Waals surface area contributed by atoms with E-state index in [0.29, 0.717) is 24.9 Å². The van der Waals surface area contributed by atoms with Gasteiger partial charge >= 0.3 is 6.09 Å². The molecule has 10 heteroatoms. The number of carbonyl (C=O) groups excluding carboxylic acids is 1. The van der Waals surface area contributed by atoms with E-state index >= 15 is 0 Å². The zero-order valence-corrected chi connectivity index (χ0v) is 18.0. The summed E-state index contributed by atoms with van der Waals surface area (Å²) in [6, 6.07) is 1.51. The minimum absolute atomic E-state index is 0.00303. The molecule has 3 rings (SSSR count). The van der Waals surface area contributed by atoms with Gasteiger partial charge in [0.2, 0.25) is 11.2 Å². The minimum atomic E-state index is -0.645. The Bertz CT molecular complexity index is 907. The van der Waals surface area contributed by atoms with Gasteiger partial charge in [0.25, 0.3) is 0 Å². The van der Waals surface area contributed by atoms with E-state index in [-0.39, 0.29) is 32.3 Å². The van der Waals surface area contributed by atoms with Crippen molar-refractivity contribution in [1.82, 2.24) is 14.9 Å². The van der Waals surface area contributed by atoms with Gasteiger partial charge in [0, 0.05) is 13.0 Å². The largest absolute Gasteiger partial charge is 0.472 e. The predicted octanol–water partition coefficient (Wildman–Crippen LogP) is 5.23. The highest BCUT2D eigenvalue weighted by Crippen LogP contribution is 2.36. The van der Waals surface area contributed by atoms with Crippen LogP contribution in [0.15, 0.2) is 10.5 Å². The lowest BCUT2D eigenvalue weighted by molar-refractivity contribution is 0.0275. The van der Waals surface area contributed by atoms with Crippen LogP contribution in [0.4, 0.5) is 9.18 Å². The molecule has 1 saturated heterocycles. The van der Waals surface area contributed by atoms with Crippen LogP contribution in [0.2, 0.25) is 10.3 Å². The highest BCUT2D eigenvalue weighted by Gasteiger charge is 2.31. The molecule has 0 bridgehead atoms. The average molecular weight is 481 g/mol. The van der Waals surface area contributed by atoms with Crippen LogP contribution in [0.3, 0.4) is 0 Å². The van der Waals surface area contributed by atoms with Crippen molar-refractivity contribution in [3.05, 3.63) is 26.7 Å². The number of ether oxygens (including phenoxy) is 2. The molecule has 0 radical (unpaired) electrons. The first-order valence-corrected chi connectivity index (χ1v) is 9.75. The second-order valence-electron chi connectivity index (χ2n) is 7.14. The zero-order chi connectivity index (χ0) is 19.9. The number of benzene rings is 1. The number of likely N-dealkylation sites (tertiary alicyclic amines) is 1. The highest BCUT2D eigenvalue weighted by molar-refractivity contribution is 9.10. The van der Waals surface area contributed by atoms with Gasteiger partial charge in [-0.25, -0.2) is 14.2 Å². The Morgan fingerprint density at radius 1 is 1.37 bits per heavy atom. The SMILES string of the molecule is CC(C)(C)OC(=O)N1CCC(Oc2nc(Cl)nc3c(F)c(Br)c(Cl)cc23)C1. The highest BCUT2D eigenvalue weighted by atomic mass is 79.9. The average Bonchev–Trinajstić information content (AvgIpc) is 3.01. The van der Waals surface area contributed by atoms with E-state index in [1.807, 2.05) is 0 Å². The standard InChI is InChI=1S/C17H17BrCl2FN3O3/c1-17(2,3)27-16(25)24-5-4-8(7-24)26-14-9-6-10(19)11(18)12(21)13(9)22-15(20)23-14/h6,8H,4-5,7H2,1-3H3. The number of hydrogen-bond acceptors (Lipinski definition) is 5. The van der Waals surface area contributed by atoms with Crippen molar-refractivity contribution in [1.29, 1.82) is 0 Å². The Morgan fingerprint density at radius 2 is 2.07 bits per heavy atom. The smallest absolute Gasteiger partial charge is 0.410 e. The van der Waals surface area contributed by atoms with E-state index in [4.69, 9.17) is 32.7 Å². The monoisotopic (exact) mass is 479 g/mol. The molecule has 2 heterocycles. The lowest BCUT2D eigenvalue weighted by Gasteiger charge is -2.24. The number of rotatable bonds is 2. The minimum Gasteiger partial charge on any atom is -0.472 e. The molecule has 0 spiro atoms. The van der Waals surface area contributed by atoms with Gasteiger partial charge in [-0.3, -0.25) is 0 Å². The third-order valence-electron chi connectivity index (χ3n) is 3.84. The first-order chi connectivity index (χ1) is 12.5. The molecule has 1 amide bonds. The van der Waals surface area contributed by atoms with Crippen LogP contribution in [0.1, 0.15) is 27.2 Å². The molecule has 1 fully saturated rings. The van der Waals surface area contributed by atoms with E-state index in [2.05, 4.69) is 25.9 Å². The van der Waals surface area contributed by atoms with Gasteiger partial charge in [-0.15, -0.1) is 0 Å². The first kappa shape index (κ1) is 20.4. The maximum Gasteiger partial charge on any atom is 0.410 e. The summed E-state index contributed by atoms with van der Waals surface area (Å²) in [4.78, 5) is 21.7. The van der Waals surface area contributed by atoms with Crippen molar-refractivity contribution in [2.45, 2.75) is 38.9 Å². The van der Waals surface area contributed by atoms with Crippen molar-refractivity contribution < 1.29 is 18.7 Å². The first-order valence-electron chi connectivity index (χ1n) is 8.20. The van der Waals surface area contributed by atoms with Crippen molar-refractivity contribution in [2.24, 2.45) is 0 Å². The lowest BCUT2D eigenvalue weighted by atomic mass is 10.2. The number of hydrogen-bond donors (Lipinski definition) is 0. The molecule has 1 aliphatic heterocycles. The molecule has 6 nitrogen and oxygen atoms in total. The van der Waals surface area contributed by atoms with E-state index < -0.39 is 17.5 Å². The van der Waals surface area contributed by atoms with E-state index in [0.717, 1.165) is 0 Å². The van der Waals surface area contributed by atoms with Crippen LogP contribution < -0.4 is 4.74 Å². The molecule has 27 heavy (non-hydrogen) atoms. The zero-order valence-electron chi connectivity index (χ0n) is 14.9. The third-order valence-corrected chi connectivity index (χ3v) is 5.31. The second kappa shape index (κ2) is 7.56. The number of amides is 1. The Hall–Kier alpha value is -1.38. The molecule has 1 atom stereocenters. The van der Waals surface area contributed by atoms with E-state index in [1.54, 1.807) is 25.7 Å².